The van der Waals surface area contributed by atoms with Crippen LogP contribution in [-0.2, 0) is 25.6 Å². The summed E-state index contributed by atoms with van der Waals surface area (Å²) in [7, 11) is 0. The zero-order valence-corrected chi connectivity index (χ0v) is 20.3. The number of unbranched alkanes of at least 4 members (excludes halogenated alkanes) is 1. The smallest absolute Gasteiger partial charge is 0.326 e. The molecule has 0 bridgehead atoms. The van der Waals surface area contributed by atoms with Gasteiger partial charge < -0.3 is 37.5 Å². The fraction of sp³-hybridized carbons (Fsp3) is 0.682. The number of H-pyrrole nitrogens is 1. The molecule has 3 amide bonds. The minimum Gasteiger partial charge on any atom is -0.480 e. The number of carboxylic acids is 1. The summed E-state index contributed by atoms with van der Waals surface area (Å²) >= 11 is 0. The van der Waals surface area contributed by atoms with Crippen LogP contribution in [0.25, 0.3) is 0 Å². The Morgan fingerprint density at radius 1 is 0.971 bits per heavy atom. The number of carboxylic acid groups (broad SMARTS) is 1. The van der Waals surface area contributed by atoms with E-state index in [1.165, 1.54) is 6.33 Å². The third-order valence-corrected chi connectivity index (χ3v) is 5.39. The monoisotopic (exact) mass is 481 g/mol. The first-order valence-electron chi connectivity index (χ1n) is 11.5. The van der Waals surface area contributed by atoms with Gasteiger partial charge in [0.15, 0.2) is 0 Å². The van der Waals surface area contributed by atoms with E-state index in [0.717, 1.165) is 0 Å². The third kappa shape index (κ3) is 9.48. The summed E-state index contributed by atoms with van der Waals surface area (Å²) in [5, 5.41) is 17.2. The second-order valence-electron chi connectivity index (χ2n) is 9.03. The fourth-order valence-corrected chi connectivity index (χ4v) is 3.31. The lowest BCUT2D eigenvalue weighted by molar-refractivity contribution is -0.143. The van der Waals surface area contributed by atoms with E-state index in [-0.39, 0.29) is 24.7 Å². The summed E-state index contributed by atoms with van der Waals surface area (Å²) in [5.41, 5.74) is 12.2. The summed E-state index contributed by atoms with van der Waals surface area (Å²) in [6, 6.07) is -3.91. The van der Waals surface area contributed by atoms with E-state index in [1.807, 2.05) is 0 Å². The molecule has 0 aromatic carbocycles. The second-order valence-corrected chi connectivity index (χ2v) is 9.03. The van der Waals surface area contributed by atoms with Crippen molar-refractivity contribution >= 4 is 23.7 Å². The fourth-order valence-electron chi connectivity index (χ4n) is 3.31. The molecule has 0 spiro atoms. The Morgan fingerprint density at radius 2 is 1.59 bits per heavy atom. The predicted molar refractivity (Wildman–Crippen MR) is 126 cm³/mol. The number of amides is 3. The van der Waals surface area contributed by atoms with Gasteiger partial charge in [-0.25, -0.2) is 9.78 Å². The van der Waals surface area contributed by atoms with Crippen LogP contribution in [0.5, 0.6) is 0 Å². The van der Waals surface area contributed by atoms with Gasteiger partial charge in [0, 0.05) is 18.3 Å². The normalized spacial score (nSPS) is 14.8. The molecule has 0 aliphatic heterocycles. The van der Waals surface area contributed by atoms with E-state index in [0.29, 0.717) is 25.1 Å². The average molecular weight is 482 g/mol. The molecular formula is C22H39N7O5. The molecule has 0 aliphatic carbocycles. The molecule has 0 saturated heterocycles. The highest BCUT2D eigenvalue weighted by Gasteiger charge is 2.32. The first-order chi connectivity index (χ1) is 16.0. The number of nitrogens with zero attached hydrogens (tertiary/aromatic N) is 1. The molecule has 34 heavy (non-hydrogen) atoms. The van der Waals surface area contributed by atoms with Crippen molar-refractivity contribution in [3.63, 3.8) is 0 Å². The molecule has 1 heterocycles. The van der Waals surface area contributed by atoms with Crippen molar-refractivity contribution < 1.29 is 24.3 Å². The van der Waals surface area contributed by atoms with Gasteiger partial charge in [-0.3, -0.25) is 14.4 Å². The molecule has 0 saturated carbocycles. The lowest BCUT2D eigenvalue weighted by atomic mass is 10.00. The van der Waals surface area contributed by atoms with Crippen molar-refractivity contribution in [3.8, 4) is 0 Å². The molecule has 192 valence electrons. The molecule has 0 radical (unpaired) electrons. The third-order valence-electron chi connectivity index (χ3n) is 5.39. The average Bonchev–Trinajstić information content (AvgIpc) is 3.26. The molecular weight excluding hydrogens is 442 g/mol. The highest BCUT2D eigenvalue weighted by molar-refractivity contribution is 5.94. The summed E-state index contributed by atoms with van der Waals surface area (Å²) in [5.74, 6) is -3.47. The minimum absolute atomic E-state index is 0.216. The van der Waals surface area contributed by atoms with E-state index >= 15 is 0 Å². The molecule has 0 aliphatic rings. The molecule has 9 N–H and O–H groups in total. The number of carbonyl (C=O) groups is 4. The first-order valence-corrected chi connectivity index (χ1v) is 11.5. The quantitative estimate of drug-likeness (QED) is 0.158. The van der Waals surface area contributed by atoms with Gasteiger partial charge in [0.2, 0.25) is 17.7 Å². The van der Waals surface area contributed by atoms with E-state index in [1.54, 1.807) is 33.9 Å². The number of aliphatic carboxylic acids is 1. The predicted octanol–water partition coefficient (Wildman–Crippen LogP) is -0.740. The summed E-state index contributed by atoms with van der Waals surface area (Å²) in [4.78, 5) is 56.8. The van der Waals surface area contributed by atoms with Crippen molar-refractivity contribution in [2.24, 2.45) is 23.3 Å². The van der Waals surface area contributed by atoms with Crippen molar-refractivity contribution in [2.45, 2.75) is 77.5 Å². The molecule has 0 fully saturated rings. The number of hydrogen-bond donors (Lipinski definition) is 7. The number of aromatic amines is 1. The molecule has 12 heteroatoms. The van der Waals surface area contributed by atoms with Crippen LogP contribution in [0, 0.1) is 11.8 Å². The molecule has 1 rings (SSSR count). The van der Waals surface area contributed by atoms with Crippen LogP contribution in [0.2, 0.25) is 0 Å². The van der Waals surface area contributed by atoms with Crippen LogP contribution in [0.3, 0.4) is 0 Å². The Morgan fingerprint density at radius 3 is 2.09 bits per heavy atom. The number of aromatic nitrogens is 2. The van der Waals surface area contributed by atoms with Gasteiger partial charge in [0.25, 0.3) is 0 Å². The van der Waals surface area contributed by atoms with Crippen molar-refractivity contribution in [1.29, 1.82) is 0 Å². The van der Waals surface area contributed by atoms with Gasteiger partial charge in [0.05, 0.1) is 12.4 Å². The largest absolute Gasteiger partial charge is 0.480 e. The summed E-state index contributed by atoms with van der Waals surface area (Å²) in [6.07, 6.45) is 4.73. The Hall–Kier alpha value is -2.99. The lowest BCUT2D eigenvalue weighted by Gasteiger charge is -2.27. The van der Waals surface area contributed by atoms with E-state index in [4.69, 9.17) is 11.5 Å². The summed E-state index contributed by atoms with van der Waals surface area (Å²) < 4.78 is 0. The van der Waals surface area contributed by atoms with Crippen molar-refractivity contribution in [2.75, 3.05) is 6.54 Å². The number of carbonyl (C=O) groups excluding carboxylic acids is 3. The maximum absolute atomic E-state index is 13.1. The van der Waals surface area contributed by atoms with Gasteiger partial charge in [-0.1, -0.05) is 27.7 Å². The second kappa shape index (κ2) is 14.3. The van der Waals surface area contributed by atoms with Crippen LogP contribution in [0.4, 0.5) is 0 Å². The van der Waals surface area contributed by atoms with Crippen LogP contribution in [0.15, 0.2) is 12.5 Å². The number of nitrogens with one attached hydrogen (secondary N) is 4. The maximum atomic E-state index is 13.1. The number of hydrogen-bond acceptors (Lipinski definition) is 7. The van der Waals surface area contributed by atoms with Gasteiger partial charge in [-0.2, -0.15) is 0 Å². The van der Waals surface area contributed by atoms with Gasteiger partial charge >= 0.3 is 5.97 Å². The first kappa shape index (κ1) is 29.0. The highest BCUT2D eigenvalue weighted by atomic mass is 16.4. The summed E-state index contributed by atoms with van der Waals surface area (Å²) in [6.45, 7) is 7.29. The van der Waals surface area contributed by atoms with E-state index in [9.17, 15) is 24.3 Å². The van der Waals surface area contributed by atoms with Gasteiger partial charge in [0.1, 0.15) is 18.1 Å². The van der Waals surface area contributed by atoms with Gasteiger partial charge in [-0.15, -0.1) is 0 Å². The Labute approximate surface area is 200 Å². The maximum Gasteiger partial charge on any atom is 0.326 e. The zero-order chi connectivity index (χ0) is 25.8. The molecule has 1 aromatic rings. The van der Waals surface area contributed by atoms with Gasteiger partial charge in [-0.05, 0) is 37.6 Å². The van der Waals surface area contributed by atoms with Crippen molar-refractivity contribution in [3.05, 3.63) is 18.2 Å². The Bertz CT molecular complexity index is 798. The highest BCUT2D eigenvalue weighted by Crippen LogP contribution is 2.09. The Balaban J connectivity index is 2.90. The van der Waals surface area contributed by atoms with E-state index < -0.39 is 47.9 Å². The van der Waals surface area contributed by atoms with Crippen LogP contribution < -0.4 is 27.4 Å². The topological polar surface area (TPSA) is 205 Å². The number of rotatable bonds is 15. The SMILES string of the molecule is CC(C)C(NC(=O)C(CCCCN)NC(=O)C(NC(=O)C(N)Cc1cnc[nH]1)C(C)C)C(=O)O. The molecule has 12 nitrogen and oxygen atoms in total. The molecule has 4 unspecified atom stereocenters. The molecule has 4 atom stereocenters. The van der Waals surface area contributed by atoms with E-state index in [2.05, 4.69) is 25.9 Å². The zero-order valence-electron chi connectivity index (χ0n) is 20.3. The van der Waals surface area contributed by atoms with Crippen LogP contribution in [0.1, 0.15) is 52.7 Å². The Kier molecular flexibility index (Phi) is 12.2. The van der Waals surface area contributed by atoms with Crippen LogP contribution in [-0.4, -0.2) is 69.5 Å². The van der Waals surface area contributed by atoms with Crippen LogP contribution >= 0.6 is 0 Å². The van der Waals surface area contributed by atoms with Crippen molar-refractivity contribution in [1.82, 2.24) is 25.9 Å². The minimum atomic E-state index is -1.16. The molecule has 1 aromatic heterocycles. The standard InChI is InChI=1S/C22H39N7O5/c1-12(2)17(28-19(30)15(24)9-14-10-25-11-26-14)21(32)27-16(7-5-6-8-23)20(31)29-18(13(3)4)22(33)34/h10-13,15-18H,5-9,23-24H2,1-4H3,(H,25,26)(H,27,32)(H,28,30)(H,29,31)(H,33,34). The number of nitrogens with two attached hydrogens (primary N) is 2. The number of imidazole rings is 1. The lowest BCUT2D eigenvalue weighted by Crippen LogP contribution is -2.59.